The summed E-state index contributed by atoms with van der Waals surface area (Å²) in [5.41, 5.74) is 0.343. The average Bonchev–Trinajstić information content (AvgIpc) is 2.41. The lowest BCUT2D eigenvalue weighted by Gasteiger charge is -2.23. The molecule has 0 aromatic carbocycles. The van der Waals surface area contributed by atoms with Crippen LogP contribution in [-0.4, -0.2) is 34.4 Å². The second kappa shape index (κ2) is 8.72. The van der Waals surface area contributed by atoms with Gasteiger partial charge in [0, 0.05) is 19.1 Å². The van der Waals surface area contributed by atoms with Crippen LogP contribution >= 0.6 is 0 Å². The molecule has 0 fully saturated rings. The molecule has 1 rings (SSSR count). The Morgan fingerprint density at radius 3 is 2.57 bits per heavy atom. The maximum Gasteiger partial charge on any atom is 0.407 e. The molecule has 23 heavy (non-hydrogen) atoms. The zero-order valence-electron chi connectivity index (χ0n) is 14.7. The van der Waals surface area contributed by atoms with Crippen molar-refractivity contribution in [3.05, 3.63) is 24.0 Å². The quantitative estimate of drug-likeness (QED) is 0.718. The summed E-state index contributed by atoms with van der Waals surface area (Å²) in [6.45, 7) is 10.9. The van der Waals surface area contributed by atoms with Gasteiger partial charge in [-0.15, -0.1) is 0 Å². The minimum Gasteiger partial charge on any atom is -0.506 e. The molecule has 1 unspecified atom stereocenters. The molecule has 3 N–H and O–H groups in total. The van der Waals surface area contributed by atoms with Crippen LogP contribution in [0.1, 0.15) is 46.7 Å². The van der Waals surface area contributed by atoms with Gasteiger partial charge in [-0.25, -0.2) is 4.79 Å². The summed E-state index contributed by atoms with van der Waals surface area (Å²) in [6, 6.07) is 3.51. The lowest BCUT2D eigenvalue weighted by molar-refractivity contribution is 0.0520. The van der Waals surface area contributed by atoms with Crippen LogP contribution in [0.2, 0.25) is 0 Å². The minimum absolute atomic E-state index is 0.123. The molecule has 0 aliphatic rings. The number of carbonyl (C=O) groups excluding carboxylic acids is 1. The first-order chi connectivity index (χ1) is 10.7. The van der Waals surface area contributed by atoms with Crippen LogP contribution < -0.4 is 10.6 Å². The number of pyridine rings is 1. The van der Waals surface area contributed by atoms with Crippen LogP contribution in [0.3, 0.4) is 0 Å². The number of nitrogens with zero attached hydrogens (tertiary/aromatic N) is 1. The summed E-state index contributed by atoms with van der Waals surface area (Å²) in [5.74, 6) is 0.653. The van der Waals surface area contributed by atoms with E-state index in [-0.39, 0.29) is 11.8 Å². The zero-order chi connectivity index (χ0) is 17.5. The summed E-state index contributed by atoms with van der Waals surface area (Å²) < 4.78 is 5.25. The summed E-state index contributed by atoms with van der Waals surface area (Å²) in [4.78, 5) is 15.9. The van der Waals surface area contributed by atoms with E-state index in [4.69, 9.17) is 4.74 Å². The number of aromatic nitrogens is 1. The maximum atomic E-state index is 11.8. The first kappa shape index (κ1) is 19.2. The highest BCUT2D eigenvalue weighted by molar-refractivity contribution is 5.67. The Labute approximate surface area is 138 Å². The van der Waals surface area contributed by atoms with E-state index in [9.17, 15) is 9.90 Å². The first-order valence-electron chi connectivity index (χ1n) is 8.00. The number of alkyl carbamates (subject to hydrolysis) is 1. The molecule has 1 amide bonds. The van der Waals surface area contributed by atoms with Crippen molar-refractivity contribution in [1.82, 2.24) is 15.6 Å². The van der Waals surface area contributed by atoms with E-state index in [0.717, 1.165) is 12.1 Å². The molecule has 0 saturated carbocycles. The molecule has 6 heteroatoms. The molecule has 6 nitrogen and oxygen atoms in total. The van der Waals surface area contributed by atoms with Gasteiger partial charge in [-0.2, -0.15) is 0 Å². The topological polar surface area (TPSA) is 83.5 Å². The van der Waals surface area contributed by atoms with Gasteiger partial charge in [0.2, 0.25) is 0 Å². The molecule has 1 heterocycles. The van der Waals surface area contributed by atoms with Crippen LogP contribution in [0.5, 0.6) is 5.75 Å². The largest absolute Gasteiger partial charge is 0.506 e. The molecule has 0 aliphatic carbocycles. The Bertz CT molecular complexity index is 481. The molecule has 0 bridgehead atoms. The van der Waals surface area contributed by atoms with Crippen molar-refractivity contribution in [2.45, 2.75) is 59.2 Å². The maximum absolute atomic E-state index is 11.8. The van der Waals surface area contributed by atoms with Gasteiger partial charge in [-0.3, -0.25) is 4.98 Å². The molecule has 130 valence electrons. The van der Waals surface area contributed by atoms with E-state index in [1.807, 2.05) is 20.8 Å². The molecular weight excluding hydrogens is 294 g/mol. The second-order valence-electron chi connectivity index (χ2n) is 7.10. The first-order valence-corrected chi connectivity index (χ1v) is 8.00. The molecule has 0 saturated heterocycles. The normalized spacial score (nSPS) is 13.0. The summed E-state index contributed by atoms with van der Waals surface area (Å²) in [7, 11) is 0. The van der Waals surface area contributed by atoms with Crippen molar-refractivity contribution in [2.24, 2.45) is 5.92 Å². The average molecular weight is 323 g/mol. The number of rotatable bonds is 7. The fourth-order valence-corrected chi connectivity index (χ4v) is 2.10. The SMILES string of the molecule is CC(C)CC(CNC(=O)OC(C)(C)C)NCc1ccc(O)cn1. The highest BCUT2D eigenvalue weighted by Crippen LogP contribution is 2.09. The van der Waals surface area contributed by atoms with Crippen molar-refractivity contribution in [3.8, 4) is 5.75 Å². The fraction of sp³-hybridized carbons (Fsp3) is 0.647. The molecule has 0 aliphatic heterocycles. The van der Waals surface area contributed by atoms with E-state index in [2.05, 4.69) is 29.5 Å². The van der Waals surface area contributed by atoms with Crippen molar-refractivity contribution in [2.75, 3.05) is 6.54 Å². The third kappa shape index (κ3) is 9.03. The van der Waals surface area contributed by atoms with Crippen molar-refractivity contribution in [3.63, 3.8) is 0 Å². The third-order valence-corrected chi connectivity index (χ3v) is 3.03. The summed E-state index contributed by atoms with van der Waals surface area (Å²) >= 11 is 0. The van der Waals surface area contributed by atoms with Crippen molar-refractivity contribution < 1.29 is 14.6 Å². The Morgan fingerprint density at radius 1 is 1.35 bits per heavy atom. The van der Waals surface area contributed by atoms with Gasteiger partial charge in [0.25, 0.3) is 0 Å². The molecule has 0 spiro atoms. The number of nitrogens with one attached hydrogen (secondary N) is 2. The standard InChI is InChI=1S/C17H29N3O3/c1-12(2)8-14(10-20-16(22)23-17(3,4)5)18-9-13-6-7-15(21)11-19-13/h6-7,11-12,14,18,21H,8-10H2,1-5H3,(H,20,22). The van der Waals surface area contributed by atoms with Crippen molar-refractivity contribution in [1.29, 1.82) is 0 Å². The highest BCUT2D eigenvalue weighted by Gasteiger charge is 2.18. The van der Waals surface area contributed by atoms with E-state index < -0.39 is 11.7 Å². The number of hydrogen-bond acceptors (Lipinski definition) is 5. The summed E-state index contributed by atoms with van der Waals surface area (Å²) in [6.07, 6.45) is 1.94. The Morgan fingerprint density at radius 2 is 2.04 bits per heavy atom. The number of aromatic hydroxyl groups is 1. The van der Waals surface area contributed by atoms with Crippen LogP contribution in [0, 0.1) is 5.92 Å². The van der Waals surface area contributed by atoms with Crippen LogP contribution in [0.4, 0.5) is 4.79 Å². The Hall–Kier alpha value is -1.82. The smallest absolute Gasteiger partial charge is 0.407 e. The van der Waals surface area contributed by atoms with Gasteiger partial charge in [-0.1, -0.05) is 13.8 Å². The predicted molar refractivity (Wildman–Crippen MR) is 90.2 cm³/mol. The van der Waals surface area contributed by atoms with E-state index in [1.165, 1.54) is 6.20 Å². The van der Waals surface area contributed by atoms with Gasteiger partial charge in [0.1, 0.15) is 11.4 Å². The van der Waals surface area contributed by atoms with E-state index in [0.29, 0.717) is 19.0 Å². The summed E-state index contributed by atoms with van der Waals surface area (Å²) in [5, 5.41) is 15.4. The van der Waals surface area contributed by atoms with Gasteiger partial charge in [0.15, 0.2) is 0 Å². The fourth-order valence-electron chi connectivity index (χ4n) is 2.10. The molecule has 1 atom stereocenters. The third-order valence-electron chi connectivity index (χ3n) is 3.03. The minimum atomic E-state index is -0.499. The highest BCUT2D eigenvalue weighted by atomic mass is 16.6. The van der Waals surface area contributed by atoms with Crippen LogP contribution in [0.25, 0.3) is 0 Å². The van der Waals surface area contributed by atoms with Crippen LogP contribution in [0.15, 0.2) is 18.3 Å². The van der Waals surface area contributed by atoms with Gasteiger partial charge < -0.3 is 20.5 Å². The lowest BCUT2D eigenvalue weighted by atomic mass is 10.0. The second-order valence-corrected chi connectivity index (χ2v) is 7.10. The van der Waals surface area contributed by atoms with Crippen molar-refractivity contribution >= 4 is 6.09 Å². The number of carbonyl (C=O) groups is 1. The molecule has 1 aromatic rings. The number of ether oxygens (including phenoxy) is 1. The molecular formula is C17H29N3O3. The lowest BCUT2D eigenvalue weighted by Crippen LogP contribution is -2.43. The predicted octanol–water partition coefficient (Wildman–Crippen LogP) is 2.82. The monoisotopic (exact) mass is 323 g/mol. The Balaban J connectivity index is 2.48. The van der Waals surface area contributed by atoms with E-state index in [1.54, 1.807) is 12.1 Å². The number of amides is 1. The van der Waals surface area contributed by atoms with Gasteiger partial charge >= 0.3 is 6.09 Å². The molecule has 1 aromatic heterocycles. The van der Waals surface area contributed by atoms with Crippen LogP contribution in [-0.2, 0) is 11.3 Å². The Kier molecular flexibility index (Phi) is 7.29. The van der Waals surface area contributed by atoms with Gasteiger partial charge in [-0.05, 0) is 45.2 Å². The number of hydrogen-bond donors (Lipinski definition) is 3. The van der Waals surface area contributed by atoms with Gasteiger partial charge in [0.05, 0.1) is 11.9 Å². The zero-order valence-corrected chi connectivity index (χ0v) is 14.7. The van der Waals surface area contributed by atoms with E-state index >= 15 is 0 Å². The molecule has 0 radical (unpaired) electrons.